The molecule has 2 atom stereocenters. The van der Waals surface area contributed by atoms with Gasteiger partial charge in [0.05, 0.1) is 0 Å². The number of aryl methyl sites for hydroxylation is 1. The minimum absolute atomic E-state index is 0.394. The van der Waals surface area contributed by atoms with Gasteiger partial charge in [-0.3, -0.25) is 9.89 Å². The molecule has 1 aliphatic heterocycles. The maximum Gasteiger partial charge on any atom is 0.191 e. The van der Waals surface area contributed by atoms with Crippen LogP contribution in [0.3, 0.4) is 0 Å². The SMILES string of the molecule is CN=C(NCc1c(O)ccc2c1CCCC2)NCC1CCCN(C)C1c1cccs1. The highest BCUT2D eigenvalue weighted by Gasteiger charge is 2.31. The Kier molecular flexibility index (Phi) is 6.95. The molecule has 0 bridgehead atoms. The Morgan fingerprint density at radius 1 is 1.20 bits per heavy atom. The summed E-state index contributed by atoms with van der Waals surface area (Å²) in [6, 6.07) is 8.82. The number of likely N-dealkylation sites (tertiary alicyclic amines) is 1. The number of hydrogen-bond acceptors (Lipinski definition) is 4. The second-order valence-electron chi connectivity index (χ2n) is 8.56. The lowest BCUT2D eigenvalue weighted by Crippen LogP contribution is -2.44. The average Bonchev–Trinajstić information content (AvgIpc) is 3.29. The lowest BCUT2D eigenvalue weighted by atomic mass is 9.87. The van der Waals surface area contributed by atoms with Crippen LogP contribution in [0.4, 0.5) is 0 Å². The van der Waals surface area contributed by atoms with Gasteiger partial charge >= 0.3 is 0 Å². The smallest absolute Gasteiger partial charge is 0.191 e. The van der Waals surface area contributed by atoms with Crippen LogP contribution in [0, 0.1) is 5.92 Å². The molecule has 2 heterocycles. The molecule has 1 aromatic heterocycles. The van der Waals surface area contributed by atoms with Gasteiger partial charge in [0.2, 0.25) is 0 Å². The highest BCUT2D eigenvalue weighted by Crippen LogP contribution is 2.36. The number of nitrogens with one attached hydrogen (secondary N) is 2. The Morgan fingerprint density at radius 2 is 2.07 bits per heavy atom. The number of piperidine rings is 1. The molecule has 2 aromatic rings. The van der Waals surface area contributed by atoms with E-state index in [9.17, 15) is 5.11 Å². The van der Waals surface area contributed by atoms with Crippen LogP contribution in [0.15, 0.2) is 34.6 Å². The first-order valence-corrected chi connectivity index (χ1v) is 12.1. The molecule has 0 radical (unpaired) electrons. The van der Waals surface area contributed by atoms with Crippen molar-refractivity contribution in [1.82, 2.24) is 15.5 Å². The van der Waals surface area contributed by atoms with Crippen molar-refractivity contribution in [3.05, 3.63) is 51.2 Å². The first-order valence-electron chi connectivity index (χ1n) is 11.2. The average molecular weight is 427 g/mol. The topological polar surface area (TPSA) is 59.9 Å². The Balaban J connectivity index is 1.39. The van der Waals surface area contributed by atoms with Gasteiger partial charge in [0.1, 0.15) is 5.75 Å². The van der Waals surface area contributed by atoms with Gasteiger partial charge in [0.25, 0.3) is 0 Å². The normalized spacial score (nSPS) is 22.5. The van der Waals surface area contributed by atoms with E-state index < -0.39 is 0 Å². The van der Waals surface area contributed by atoms with E-state index in [1.165, 1.54) is 41.7 Å². The summed E-state index contributed by atoms with van der Waals surface area (Å²) >= 11 is 1.86. The number of fused-ring (bicyclic) bond motifs is 1. The van der Waals surface area contributed by atoms with Gasteiger partial charge in [-0.15, -0.1) is 11.3 Å². The standard InChI is InChI=1S/C24H34N4OS/c1-25-24(27-16-20-19-9-4-3-7-17(19)11-12-21(20)29)26-15-18-8-5-13-28(2)23(18)22-10-6-14-30-22/h6,10-12,14,18,23,29H,3-5,7-9,13,15-16H2,1-2H3,(H2,25,26,27). The lowest BCUT2D eigenvalue weighted by Gasteiger charge is -2.39. The van der Waals surface area contributed by atoms with E-state index in [1.807, 2.05) is 24.5 Å². The molecular formula is C24H34N4OS. The number of hydrogen-bond donors (Lipinski definition) is 3. The van der Waals surface area contributed by atoms with Crippen LogP contribution in [0.5, 0.6) is 5.75 Å². The first-order chi connectivity index (χ1) is 14.7. The van der Waals surface area contributed by atoms with Gasteiger partial charge in [-0.25, -0.2) is 0 Å². The third-order valence-electron chi connectivity index (χ3n) is 6.66. The van der Waals surface area contributed by atoms with Crippen molar-refractivity contribution in [2.75, 3.05) is 27.2 Å². The number of rotatable bonds is 5. The monoisotopic (exact) mass is 426 g/mol. The third-order valence-corrected chi connectivity index (χ3v) is 7.60. The van der Waals surface area contributed by atoms with Crippen LogP contribution in [-0.2, 0) is 19.4 Å². The van der Waals surface area contributed by atoms with E-state index in [1.54, 1.807) is 0 Å². The van der Waals surface area contributed by atoms with Crippen LogP contribution in [0.1, 0.15) is 53.3 Å². The lowest BCUT2D eigenvalue weighted by molar-refractivity contribution is 0.125. The fraction of sp³-hybridized carbons (Fsp3) is 0.542. The van der Waals surface area contributed by atoms with Crippen LogP contribution in [-0.4, -0.2) is 43.2 Å². The Morgan fingerprint density at radius 3 is 2.87 bits per heavy atom. The highest BCUT2D eigenvalue weighted by molar-refractivity contribution is 7.10. The van der Waals surface area contributed by atoms with Gasteiger partial charge in [-0.2, -0.15) is 0 Å². The largest absolute Gasteiger partial charge is 0.508 e. The van der Waals surface area contributed by atoms with Gasteiger partial charge in [-0.05, 0) is 86.7 Å². The van der Waals surface area contributed by atoms with E-state index in [-0.39, 0.29) is 0 Å². The van der Waals surface area contributed by atoms with Crippen molar-refractivity contribution in [3.63, 3.8) is 0 Å². The summed E-state index contributed by atoms with van der Waals surface area (Å²) in [4.78, 5) is 8.38. The number of phenols is 1. The Bertz CT molecular complexity index is 864. The predicted molar refractivity (Wildman–Crippen MR) is 125 cm³/mol. The molecule has 6 heteroatoms. The molecule has 1 saturated heterocycles. The molecule has 3 N–H and O–H groups in total. The number of nitrogens with zero attached hydrogens (tertiary/aromatic N) is 2. The zero-order valence-corrected chi connectivity index (χ0v) is 19.0. The maximum atomic E-state index is 10.5. The molecule has 30 heavy (non-hydrogen) atoms. The minimum Gasteiger partial charge on any atom is -0.508 e. The fourth-order valence-electron chi connectivity index (χ4n) is 5.09. The second kappa shape index (κ2) is 9.84. The van der Waals surface area contributed by atoms with Gasteiger partial charge in [-0.1, -0.05) is 12.1 Å². The summed E-state index contributed by atoms with van der Waals surface area (Å²) in [5.74, 6) is 1.75. The van der Waals surface area contributed by atoms with E-state index in [2.05, 4.69) is 51.2 Å². The van der Waals surface area contributed by atoms with Crippen molar-refractivity contribution in [1.29, 1.82) is 0 Å². The van der Waals surface area contributed by atoms with Crippen molar-refractivity contribution < 1.29 is 5.11 Å². The van der Waals surface area contributed by atoms with Gasteiger partial charge < -0.3 is 15.7 Å². The molecule has 5 nitrogen and oxygen atoms in total. The van der Waals surface area contributed by atoms with Crippen molar-refractivity contribution >= 4 is 17.3 Å². The fourth-order valence-corrected chi connectivity index (χ4v) is 6.08. The zero-order valence-electron chi connectivity index (χ0n) is 18.2. The van der Waals surface area contributed by atoms with E-state index in [0.29, 0.717) is 24.3 Å². The zero-order chi connectivity index (χ0) is 20.9. The van der Waals surface area contributed by atoms with Crippen LogP contribution < -0.4 is 10.6 Å². The number of thiophene rings is 1. The molecule has 2 aliphatic rings. The quantitative estimate of drug-likeness (QED) is 0.498. The van der Waals surface area contributed by atoms with Crippen LogP contribution in [0.2, 0.25) is 0 Å². The third kappa shape index (κ3) is 4.65. The van der Waals surface area contributed by atoms with E-state index in [4.69, 9.17) is 0 Å². The number of benzene rings is 1. The first kappa shape index (κ1) is 21.2. The molecule has 1 aliphatic carbocycles. The number of aromatic hydroxyl groups is 1. The summed E-state index contributed by atoms with van der Waals surface area (Å²) in [6.07, 6.45) is 7.09. The molecule has 4 rings (SSSR count). The second-order valence-corrected chi connectivity index (χ2v) is 9.54. The minimum atomic E-state index is 0.394. The van der Waals surface area contributed by atoms with Crippen LogP contribution in [0.25, 0.3) is 0 Å². The van der Waals surface area contributed by atoms with Crippen molar-refractivity contribution in [2.24, 2.45) is 10.9 Å². The molecule has 1 fully saturated rings. The van der Waals surface area contributed by atoms with Crippen molar-refractivity contribution in [2.45, 2.75) is 51.1 Å². The molecule has 0 saturated carbocycles. The molecule has 162 valence electrons. The summed E-state index contributed by atoms with van der Waals surface area (Å²) < 4.78 is 0. The maximum absolute atomic E-state index is 10.5. The van der Waals surface area contributed by atoms with E-state index >= 15 is 0 Å². The highest BCUT2D eigenvalue weighted by atomic mass is 32.1. The summed E-state index contributed by atoms with van der Waals surface area (Å²) in [7, 11) is 4.06. The molecule has 0 amide bonds. The molecular weight excluding hydrogens is 392 g/mol. The van der Waals surface area contributed by atoms with E-state index in [0.717, 1.165) is 37.5 Å². The van der Waals surface area contributed by atoms with Crippen molar-refractivity contribution in [3.8, 4) is 5.75 Å². The Labute approximate surface area is 184 Å². The number of guanidine groups is 1. The summed E-state index contributed by atoms with van der Waals surface area (Å²) in [5, 5.41) is 19.6. The molecule has 1 aromatic carbocycles. The molecule has 2 unspecified atom stereocenters. The summed E-state index contributed by atoms with van der Waals surface area (Å²) in [5.41, 5.74) is 3.75. The molecule has 0 spiro atoms. The number of phenolic OH excluding ortho intramolecular Hbond substituents is 1. The summed E-state index contributed by atoms with van der Waals surface area (Å²) in [6.45, 7) is 2.66. The van der Waals surface area contributed by atoms with Gasteiger partial charge in [0, 0.05) is 36.6 Å². The van der Waals surface area contributed by atoms with Gasteiger partial charge in [0.15, 0.2) is 5.96 Å². The number of aliphatic imine (C=N–C) groups is 1. The van der Waals surface area contributed by atoms with Crippen LogP contribution >= 0.6 is 11.3 Å². The predicted octanol–water partition coefficient (Wildman–Crippen LogP) is 4.08. The Hall–Kier alpha value is -2.05.